The van der Waals surface area contributed by atoms with Crippen molar-refractivity contribution in [3.05, 3.63) is 12.7 Å². The molecule has 0 radical (unpaired) electrons. The summed E-state index contributed by atoms with van der Waals surface area (Å²) in [5, 5.41) is 5.51. The zero-order valence-electron chi connectivity index (χ0n) is 6.98. The van der Waals surface area contributed by atoms with Crippen LogP contribution in [-0.4, -0.2) is 32.4 Å². The second-order valence-corrected chi connectivity index (χ2v) is 1.60. The maximum atomic E-state index is 10.4. The normalized spacial score (nSPS) is 7.55. The van der Waals surface area contributed by atoms with Gasteiger partial charge in [-0.15, -0.1) is 11.6 Å². The molecule has 0 aromatic heterocycles. The highest BCUT2D eigenvalue weighted by atomic mass is 35.5. The van der Waals surface area contributed by atoms with Crippen molar-refractivity contribution in [2.24, 2.45) is 0 Å². The fraction of sp³-hybridized carbons (Fsp3) is 0.571. The van der Waals surface area contributed by atoms with Crippen LogP contribution in [-0.2, 0) is 4.79 Å². The fourth-order valence-corrected chi connectivity index (χ4v) is 0.383. The molecular formula is C7H15ClN2O. The molecule has 1 amide bonds. The topological polar surface area (TPSA) is 41.1 Å². The number of amides is 1. The molecule has 0 bridgehead atoms. The van der Waals surface area contributed by atoms with Gasteiger partial charge in [-0.2, -0.15) is 0 Å². The van der Waals surface area contributed by atoms with E-state index in [2.05, 4.69) is 28.8 Å². The monoisotopic (exact) mass is 178 g/mol. The average molecular weight is 179 g/mol. The van der Waals surface area contributed by atoms with Gasteiger partial charge in [-0.3, -0.25) is 4.79 Å². The van der Waals surface area contributed by atoms with Crippen LogP contribution in [0.4, 0.5) is 0 Å². The first-order chi connectivity index (χ1) is 5.31. The smallest absolute Gasteiger partial charge is 0.243 e. The number of carbonyl (C=O) groups excluding carboxylic acids is 1. The Kier molecular flexibility index (Phi) is 14.5. The van der Waals surface area contributed by atoms with Crippen LogP contribution in [0.25, 0.3) is 0 Å². The van der Waals surface area contributed by atoms with Crippen molar-refractivity contribution >= 4 is 17.5 Å². The molecule has 0 heterocycles. The molecule has 11 heavy (non-hydrogen) atoms. The third-order valence-electron chi connectivity index (χ3n) is 0.860. The Balaban J connectivity index is 0. The van der Waals surface area contributed by atoms with E-state index in [-0.39, 0.29) is 5.91 Å². The van der Waals surface area contributed by atoms with Crippen molar-refractivity contribution in [3.8, 4) is 0 Å². The lowest BCUT2D eigenvalue weighted by Crippen LogP contribution is -2.28. The van der Waals surface area contributed by atoms with E-state index in [0.717, 1.165) is 6.54 Å². The van der Waals surface area contributed by atoms with E-state index in [1.165, 1.54) is 12.5 Å². The third-order valence-corrected chi connectivity index (χ3v) is 0.860. The molecule has 0 saturated heterocycles. The first-order valence-electron chi connectivity index (χ1n) is 3.24. The lowest BCUT2D eigenvalue weighted by Gasteiger charge is -1.98. The van der Waals surface area contributed by atoms with E-state index in [9.17, 15) is 4.79 Å². The van der Waals surface area contributed by atoms with Crippen LogP contribution in [0, 0.1) is 0 Å². The molecule has 0 spiro atoms. The number of alkyl halides is 1. The Labute approximate surface area is 72.8 Å². The van der Waals surface area contributed by atoms with Gasteiger partial charge in [0.1, 0.15) is 0 Å². The summed E-state index contributed by atoms with van der Waals surface area (Å²) >= 11 is 4.64. The highest BCUT2D eigenvalue weighted by Crippen LogP contribution is 1.63. The predicted octanol–water partition coefficient (Wildman–Crippen LogP) is 0.363. The molecule has 0 rings (SSSR count). The maximum absolute atomic E-state index is 10.4. The summed E-state index contributed by atoms with van der Waals surface area (Å²) in [4.78, 5) is 10.4. The number of nitrogens with one attached hydrogen (secondary N) is 2. The summed E-state index contributed by atoms with van der Waals surface area (Å²) in [7, 11) is 1.83. The number of hydrogen-bond donors (Lipinski definition) is 2. The minimum Gasteiger partial charge on any atom is -0.351 e. The molecule has 0 aliphatic rings. The Morgan fingerprint density at radius 2 is 2.09 bits per heavy atom. The van der Waals surface area contributed by atoms with Crippen LogP contribution in [0.2, 0.25) is 0 Å². The van der Waals surface area contributed by atoms with Crippen LogP contribution in [0.5, 0.6) is 0 Å². The summed E-state index contributed by atoms with van der Waals surface area (Å²) in [5.41, 5.74) is 0. The van der Waals surface area contributed by atoms with Gasteiger partial charge in [0, 0.05) is 19.5 Å². The minimum absolute atomic E-state index is 0.120. The highest BCUT2D eigenvalue weighted by Gasteiger charge is 1.88. The highest BCUT2D eigenvalue weighted by molar-refractivity contribution is 6.15. The van der Waals surface area contributed by atoms with Crippen LogP contribution in [0.1, 0.15) is 0 Å². The summed E-state index contributed by atoms with van der Waals surface area (Å²) < 4.78 is 0. The summed E-state index contributed by atoms with van der Waals surface area (Å²) in [6, 6.07) is 0. The van der Waals surface area contributed by atoms with Crippen molar-refractivity contribution in [3.63, 3.8) is 0 Å². The van der Waals surface area contributed by atoms with Gasteiger partial charge in [-0.25, -0.2) is 0 Å². The van der Waals surface area contributed by atoms with E-state index in [1.807, 2.05) is 7.05 Å². The van der Waals surface area contributed by atoms with Gasteiger partial charge in [-0.05, 0) is 13.1 Å². The second-order valence-electron chi connectivity index (χ2n) is 1.60. The van der Waals surface area contributed by atoms with Gasteiger partial charge in [0.25, 0.3) is 0 Å². The molecule has 2 N–H and O–H groups in total. The Hall–Kier alpha value is -0.540. The van der Waals surface area contributed by atoms with Crippen LogP contribution in [0.15, 0.2) is 12.7 Å². The summed E-state index contributed by atoms with van der Waals surface area (Å²) in [6.07, 6.45) is 2.73. The Morgan fingerprint density at radius 3 is 2.45 bits per heavy atom. The van der Waals surface area contributed by atoms with Crippen molar-refractivity contribution < 1.29 is 4.79 Å². The van der Waals surface area contributed by atoms with Gasteiger partial charge in [0.05, 0.1) is 0 Å². The van der Waals surface area contributed by atoms with E-state index >= 15 is 0 Å². The lowest BCUT2D eigenvalue weighted by molar-refractivity contribution is -0.116. The zero-order valence-corrected chi connectivity index (χ0v) is 7.74. The molecular weight excluding hydrogens is 164 g/mol. The van der Waals surface area contributed by atoms with E-state index in [1.54, 1.807) is 0 Å². The van der Waals surface area contributed by atoms with Gasteiger partial charge < -0.3 is 10.6 Å². The molecule has 0 atom stereocenters. The van der Waals surface area contributed by atoms with Gasteiger partial charge in [-0.1, -0.05) is 6.58 Å². The molecule has 66 valence electrons. The van der Waals surface area contributed by atoms with E-state index in [4.69, 9.17) is 0 Å². The number of likely N-dealkylation sites (N-methyl/N-ethyl adjacent to an activating group) is 1. The molecule has 4 heteroatoms. The van der Waals surface area contributed by atoms with E-state index in [0.29, 0.717) is 6.54 Å². The molecule has 0 fully saturated rings. The Bertz CT molecular complexity index is 107. The van der Waals surface area contributed by atoms with Crippen molar-refractivity contribution in [2.75, 3.05) is 26.5 Å². The number of hydrogen-bond acceptors (Lipinski definition) is 2. The fourth-order valence-electron chi connectivity index (χ4n) is 0.383. The minimum atomic E-state index is -0.120. The average Bonchev–Trinajstić information content (AvgIpc) is 2.08. The Morgan fingerprint density at radius 1 is 1.55 bits per heavy atom. The number of rotatable bonds is 4. The molecule has 0 aromatic carbocycles. The summed E-state index contributed by atoms with van der Waals surface area (Å²) in [6.45, 7) is 4.75. The molecule has 0 saturated carbocycles. The SMILES string of the molecule is C=CC(=O)NCCNC.CCl. The van der Waals surface area contributed by atoms with Gasteiger partial charge in [0.15, 0.2) is 0 Å². The van der Waals surface area contributed by atoms with Crippen LogP contribution >= 0.6 is 11.6 Å². The first kappa shape index (κ1) is 13.1. The molecule has 0 aliphatic heterocycles. The van der Waals surface area contributed by atoms with Crippen LogP contribution < -0.4 is 10.6 Å². The molecule has 0 aliphatic carbocycles. The number of halogens is 1. The molecule has 0 aromatic rings. The molecule has 0 unspecified atom stereocenters. The van der Waals surface area contributed by atoms with Gasteiger partial charge >= 0.3 is 0 Å². The quantitative estimate of drug-likeness (QED) is 0.371. The van der Waals surface area contributed by atoms with Crippen molar-refractivity contribution in [1.82, 2.24) is 10.6 Å². The summed E-state index contributed by atoms with van der Waals surface area (Å²) in [5.74, 6) is -0.120. The second kappa shape index (κ2) is 12.2. The molecule has 3 nitrogen and oxygen atoms in total. The van der Waals surface area contributed by atoms with Crippen LogP contribution in [0.3, 0.4) is 0 Å². The third kappa shape index (κ3) is 12.6. The maximum Gasteiger partial charge on any atom is 0.243 e. The largest absolute Gasteiger partial charge is 0.351 e. The predicted molar refractivity (Wildman–Crippen MR) is 48.9 cm³/mol. The first-order valence-corrected chi connectivity index (χ1v) is 3.99. The van der Waals surface area contributed by atoms with E-state index < -0.39 is 0 Å². The zero-order chi connectivity index (χ0) is 9.11. The number of carbonyl (C=O) groups is 1. The standard InChI is InChI=1S/C6H12N2O.CH3Cl/c1-3-6(9)8-5-4-7-2;1-2/h3,7H,1,4-5H2,2H3,(H,8,9);1H3. The lowest BCUT2D eigenvalue weighted by atomic mass is 10.5. The van der Waals surface area contributed by atoms with Crippen molar-refractivity contribution in [1.29, 1.82) is 0 Å². The van der Waals surface area contributed by atoms with Gasteiger partial charge in [0.2, 0.25) is 5.91 Å². The van der Waals surface area contributed by atoms with Crippen molar-refractivity contribution in [2.45, 2.75) is 0 Å².